The highest BCUT2D eigenvalue weighted by Gasteiger charge is 2.26. The summed E-state index contributed by atoms with van der Waals surface area (Å²) in [5.74, 6) is 0.772. The minimum Gasteiger partial charge on any atom is -0.342 e. The van der Waals surface area contributed by atoms with Gasteiger partial charge in [0.25, 0.3) is 0 Å². The second-order valence-corrected chi connectivity index (χ2v) is 6.48. The van der Waals surface area contributed by atoms with E-state index in [0.717, 1.165) is 45.4 Å². The highest BCUT2D eigenvalue weighted by molar-refractivity contribution is 5.78. The summed E-state index contributed by atoms with van der Waals surface area (Å²) in [5, 5.41) is 0. The first-order chi connectivity index (χ1) is 11.2. The lowest BCUT2D eigenvalue weighted by Crippen LogP contribution is -2.41. The van der Waals surface area contributed by atoms with Crippen molar-refractivity contribution in [3.8, 4) is 0 Å². The van der Waals surface area contributed by atoms with E-state index in [2.05, 4.69) is 18.2 Å². The molecular weight excluding hydrogens is 290 g/mol. The van der Waals surface area contributed by atoms with Gasteiger partial charge in [0.2, 0.25) is 11.8 Å². The van der Waals surface area contributed by atoms with Crippen molar-refractivity contribution >= 4 is 11.8 Å². The van der Waals surface area contributed by atoms with Gasteiger partial charge in [0, 0.05) is 32.6 Å². The molecule has 2 saturated heterocycles. The molecule has 1 aromatic rings. The standard InChI is InChI=1S/C18H25N3O2/c19-12-18(23)20-10-7-14(8-11-20)16-5-2-1-4-15(16)13-21-9-3-6-17(21)22/h1-2,4-5,14H,3,6-13,19H2. The minimum atomic E-state index is 0.0411. The Labute approximate surface area is 137 Å². The van der Waals surface area contributed by atoms with Crippen molar-refractivity contribution in [2.75, 3.05) is 26.2 Å². The maximum absolute atomic E-state index is 11.9. The number of piperidine rings is 1. The molecule has 124 valence electrons. The first-order valence-electron chi connectivity index (χ1n) is 8.52. The van der Waals surface area contributed by atoms with Crippen LogP contribution < -0.4 is 5.73 Å². The van der Waals surface area contributed by atoms with Gasteiger partial charge in [-0.1, -0.05) is 24.3 Å². The third-order valence-electron chi connectivity index (χ3n) is 5.05. The van der Waals surface area contributed by atoms with E-state index in [1.165, 1.54) is 11.1 Å². The average molecular weight is 315 g/mol. The summed E-state index contributed by atoms with van der Waals surface area (Å²) in [4.78, 5) is 27.4. The van der Waals surface area contributed by atoms with E-state index in [1.54, 1.807) is 0 Å². The summed E-state index contributed by atoms with van der Waals surface area (Å²) in [6, 6.07) is 8.44. The van der Waals surface area contributed by atoms with Gasteiger partial charge in [-0.25, -0.2) is 0 Å². The summed E-state index contributed by atoms with van der Waals surface area (Å²) in [6.07, 6.45) is 3.59. The Morgan fingerprint density at radius 1 is 1.17 bits per heavy atom. The van der Waals surface area contributed by atoms with E-state index in [9.17, 15) is 9.59 Å². The Kier molecular flexibility index (Phi) is 4.96. The summed E-state index contributed by atoms with van der Waals surface area (Å²) >= 11 is 0. The second kappa shape index (κ2) is 7.13. The molecule has 0 bridgehead atoms. The first kappa shape index (κ1) is 16.0. The molecule has 5 nitrogen and oxygen atoms in total. The summed E-state index contributed by atoms with van der Waals surface area (Å²) < 4.78 is 0. The predicted molar refractivity (Wildman–Crippen MR) is 88.7 cm³/mol. The lowest BCUT2D eigenvalue weighted by atomic mass is 9.86. The molecule has 3 rings (SSSR count). The zero-order chi connectivity index (χ0) is 16.2. The zero-order valence-electron chi connectivity index (χ0n) is 13.5. The third-order valence-corrected chi connectivity index (χ3v) is 5.05. The molecule has 0 aliphatic carbocycles. The largest absolute Gasteiger partial charge is 0.342 e. The number of carbonyl (C=O) groups excluding carboxylic acids is 2. The quantitative estimate of drug-likeness (QED) is 0.915. The second-order valence-electron chi connectivity index (χ2n) is 6.48. The summed E-state index contributed by atoms with van der Waals surface area (Å²) in [7, 11) is 0. The van der Waals surface area contributed by atoms with Crippen molar-refractivity contribution in [3.63, 3.8) is 0 Å². The van der Waals surface area contributed by atoms with E-state index >= 15 is 0 Å². The van der Waals surface area contributed by atoms with Gasteiger partial charge in [-0.05, 0) is 36.3 Å². The maximum atomic E-state index is 11.9. The van der Waals surface area contributed by atoms with Gasteiger partial charge >= 0.3 is 0 Å². The van der Waals surface area contributed by atoms with Crippen molar-refractivity contribution in [3.05, 3.63) is 35.4 Å². The number of amides is 2. The average Bonchev–Trinajstić information content (AvgIpc) is 3.00. The molecule has 0 radical (unpaired) electrons. The summed E-state index contributed by atoms with van der Waals surface area (Å²) in [6.45, 7) is 3.24. The Morgan fingerprint density at radius 3 is 2.57 bits per heavy atom. The van der Waals surface area contributed by atoms with Gasteiger partial charge < -0.3 is 15.5 Å². The summed E-state index contributed by atoms with van der Waals surface area (Å²) in [5.41, 5.74) is 8.04. The van der Waals surface area contributed by atoms with Crippen molar-refractivity contribution in [1.29, 1.82) is 0 Å². The molecule has 2 N–H and O–H groups in total. The van der Waals surface area contributed by atoms with E-state index in [4.69, 9.17) is 5.73 Å². The van der Waals surface area contributed by atoms with Crippen LogP contribution in [-0.2, 0) is 16.1 Å². The number of nitrogens with zero attached hydrogens (tertiary/aromatic N) is 2. The van der Waals surface area contributed by atoms with Crippen LogP contribution in [-0.4, -0.2) is 47.8 Å². The van der Waals surface area contributed by atoms with Crippen LogP contribution in [0.2, 0.25) is 0 Å². The van der Waals surface area contributed by atoms with Crippen LogP contribution in [0.1, 0.15) is 42.7 Å². The zero-order valence-corrected chi connectivity index (χ0v) is 13.5. The molecule has 2 amide bonds. The van der Waals surface area contributed by atoms with Crippen molar-refractivity contribution < 1.29 is 9.59 Å². The molecule has 2 fully saturated rings. The highest BCUT2D eigenvalue weighted by Crippen LogP contribution is 2.31. The molecule has 0 atom stereocenters. The number of rotatable bonds is 4. The highest BCUT2D eigenvalue weighted by atomic mass is 16.2. The van der Waals surface area contributed by atoms with Crippen LogP contribution in [0.25, 0.3) is 0 Å². The van der Waals surface area contributed by atoms with Crippen molar-refractivity contribution in [2.24, 2.45) is 5.73 Å². The van der Waals surface area contributed by atoms with Crippen LogP contribution >= 0.6 is 0 Å². The molecular formula is C18H25N3O2. The molecule has 0 unspecified atom stereocenters. The van der Waals surface area contributed by atoms with Crippen molar-refractivity contribution in [2.45, 2.75) is 38.1 Å². The Morgan fingerprint density at radius 2 is 1.91 bits per heavy atom. The number of nitrogens with two attached hydrogens (primary N) is 1. The Bertz CT molecular complexity index is 579. The molecule has 2 aliphatic heterocycles. The smallest absolute Gasteiger partial charge is 0.236 e. The molecule has 23 heavy (non-hydrogen) atoms. The first-order valence-corrected chi connectivity index (χ1v) is 8.52. The van der Waals surface area contributed by atoms with Crippen LogP contribution in [0.4, 0.5) is 0 Å². The lowest BCUT2D eigenvalue weighted by Gasteiger charge is -2.33. The van der Waals surface area contributed by atoms with Gasteiger partial charge in [0.15, 0.2) is 0 Å². The van der Waals surface area contributed by atoms with Crippen molar-refractivity contribution in [1.82, 2.24) is 9.80 Å². The predicted octanol–water partition coefficient (Wildman–Crippen LogP) is 1.47. The number of hydrogen-bond acceptors (Lipinski definition) is 3. The fourth-order valence-electron chi connectivity index (χ4n) is 3.72. The van der Waals surface area contributed by atoms with Gasteiger partial charge in [0.05, 0.1) is 6.54 Å². The maximum Gasteiger partial charge on any atom is 0.236 e. The molecule has 0 saturated carbocycles. The molecule has 0 spiro atoms. The van der Waals surface area contributed by atoms with E-state index in [0.29, 0.717) is 12.3 Å². The minimum absolute atomic E-state index is 0.0411. The van der Waals surface area contributed by atoms with E-state index in [-0.39, 0.29) is 18.4 Å². The molecule has 2 aliphatic rings. The van der Waals surface area contributed by atoms with Gasteiger partial charge in [0.1, 0.15) is 0 Å². The monoisotopic (exact) mass is 315 g/mol. The third kappa shape index (κ3) is 3.55. The van der Waals surface area contributed by atoms with Crippen LogP contribution in [0.5, 0.6) is 0 Å². The Hall–Kier alpha value is -1.88. The van der Waals surface area contributed by atoms with E-state index in [1.807, 2.05) is 15.9 Å². The number of benzene rings is 1. The molecule has 5 heteroatoms. The molecule has 1 aromatic carbocycles. The molecule has 0 aromatic heterocycles. The van der Waals surface area contributed by atoms with E-state index < -0.39 is 0 Å². The topological polar surface area (TPSA) is 66.6 Å². The number of hydrogen-bond donors (Lipinski definition) is 1. The molecule has 2 heterocycles. The van der Waals surface area contributed by atoms with Gasteiger partial charge in [-0.15, -0.1) is 0 Å². The van der Waals surface area contributed by atoms with Gasteiger partial charge in [-0.2, -0.15) is 0 Å². The fourth-order valence-corrected chi connectivity index (χ4v) is 3.72. The van der Waals surface area contributed by atoms with Crippen LogP contribution in [0.15, 0.2) is 24.3 Å². The van der Waals surface area contributed by atoms with Crippen LogP contribution in [0, 0.1) is 0 Å². The normalized spacial score (nSPS) is 19.4. The van der Waals surface area contributed by atoms with Gasteiger partial charge in [-0.3, -0.25) is 9.59 Å². The number of carbonyl (C=O) groups is 2. The lowest BCUT2D eigenvalue weighted by molar-refractivity contribution is -0.131. The Balaban J connectivity index is 1.69. The van der Waals surface area contributed by atoms with Crippen LogP contribution in [0.3, 0.4) is 0 Å². The SMILES string of the molecule is NCC(=O)N1CCC(c2ccccc2CN2CCCC2=O)CC1. The fraction of sp³-hybridized carbons (Fsp3) is 0.556. The number of likely N-dealkylation sites (tertiary alicyclic amines) is 2.